The summed E-state index contributed by atoms with van der Waals surface area (Å²) in [7, 11) is -3.60. The molecule has 9 heteroatoms. The third-order valence-corrected chi connectivity index (χ3v) is 11.0. The molecule has 3 heterocycles. The minimum atomic E-state index is -3.60. The minimum Gasteiger partial charge on any atom is -0.340 e. The van der Waals surface area contributed by atoms with Crippen LogP contribution in [0.15, 0.2) is 69.3 Å². The van der Waals surface area contributed by atoms with Crippen molar-refractivity contribution in [1.29, 1.82) is 0 Å². The largest absolute Gasteiger partial charge is 0.340 e. The highest BCUT2D eigenvalue weighted by atomic mass is 79.9. The van der Waals surface area contributed by atoms with Crippen molar-refractivity contribution in [2.75, 3.05) is 32.7 Å². The SMILES string of the molecule is Cc1ccccc1C1c2ccsc2CCN1C(C)C(=O)N1CCCN(S(=O)(=O)c2ccc(Br)cc2)CC1. The molecule has 1 amide bonds. The van der Waals surface area contributed by atoms with E-state index >= 15 is 0 Å². The molecule has 0 saturated carbocycles. The maximum Gasteiger partial charge on any atom is 0.243 e. The third-order valence-electron chi connectivity index (χ3n) is 7.56. The zero-order valence-corrected chi connectivity index (χ0v) is 24.4. The number of fused-ring (bicyclic) bond motifs is 1. The number of benzene rings is 2. The van der Waals surface area contributed by atoms with Crippen LogP contribution in [0.1, 0.15) is 41.0 Å². The van der Waals surface area contributed by atoms with E-state index in [0.29, 0.717) is 32.6 Å². The van der Waals surface area contributed by atoms with Crippen LogP contribution in [0.3, 0.4) is 0 Å². The molecule has 2 aromatic carbocycles. The van der Waals surface area contributed by atoms with Gasteiger partial charge >= 0.3 is 0 Å². The van der Waals surface area contributed by atoms with Gasteiger partial charge in [0.1, 0.15) is 0 Å². The van der Waals surface area contributed by atoms with Crippen LogP contribution < -0.4 is 0 Å². The lowest BCUT2D eigenvalue weighted by atomic mass is 9.89. The molecule has 2 unspecified atom stereocenters. The van der Waals surface area contributed by atoms with Gasteiger partial charge < -0.3 is 4.90 Å². The summed E-state index contributed by atoms with van der Waals surface area (Å²) in [5.41, 5.74) is 3.76. The maximum atomic E-state index is 13.8. The van der Waals surface area contributed by atoms with Gasteiger partial charge in [-0.3, -0.25) is 9.69 Å². The number of halogens is 1. The lowest BCUT2D eigenvalue weighted by molar-refractivity contribution is -0.137. The average molecular weight is 603 g/mol. The van der Waals surface area contributed by atoms with Crippen LogP contribution in [0, 0.1) is 6.92 Å². The Morgan fingerprint density at radius 3 is 2.49 bits per heavy atom. The maximum absolute atomic E-state index is 13.8. The quantitative estimate of drug-likeness (QED) is 0.409. The highest BCUT2D eigenvalue weighted by molar-refractivity contribution is 9.10. The predicted octanol–water partition coefficient (Wildman–Crippen LogP) is 5.08. The molecule has 6 nitrogen and oxygen atoms in total. The molecular weight excluding hydrogens is 570 g/mol. The highest BCUT2D eigenvalue weighted by Crippen LogP contribution is 2.40. The van der Waals surface area contributed by atoms with Crippen LogP contribution in [0.4, 0.5) is 0 Å². The van der Waals surface area contributed by atoms with E-state index in [9.17, 15) is 13.2 Å². The zero-order chi connectivity index (χ0) is 26.2. The summed E-state index contributed by atoms with van der Waals surface area (Å²) in [6.45, 7) is 6.62. The Kier molecular flexibility index (Phi) is 7.88. The van der Waals surface area contributed by atoms with Gasteiger partial charge in [-0.15, -0.1) is 11.3 Å². The molecule has 0 aliphatic carbocycles. The first kappa shape index (κ1) is 26.6. The molecule has 1 aromatic heterocycles. The van der Waals surface area contributed by atoms with E-state index in [1.807, 2.05) is 11.8 Å². The second-order valence-electron chi connectivity index (χ2n) is 9.76. The number of rotatable bonds is 5. The standard InChI is InChI=1S/C28H32BrN3O3S2/c1-20-6-3-4-7-24(20)27-25-13-19-36-26(25)12-16-32(27)21(2)28(33)30-14-5-15-31(18-17-30)37(34,35)23-10-8-22(29)9-11-23/h3-4,6-11,13,19,21,27H,5,12,14-18H2,1-2H3. The molecule has 2 aliphatic rings. The molecule has 5 rings (SSSR count). The van der Waals surface area contributed by atoms with Crippen LogP contribution in [0.25, 0.3) is 0 Å². The van der Waals surface area contributed by atoms with E-state index in [-0.39, 0.29) is 22.9 Å². The van der Waals surface area contributed by atoms with E-state index in [0.717, 1.165) is 17.4 Å². The van der Waals surface area contributed by atoms with Crippen molar-refractivity contribution >= 4 is 43.2 Å². The fourth-order valence-corrected chi connectivity index (χ4v) is 8.15. The summed E-state index contributed by atoms with van der Waals surface area (Å²) in [4.78, 5) is 19.7. The van der Waals surface area contributed by atoms with E-state index < -0.39 is 10.0 Å². The van der Waals surface area contributed by atoms with Crippen LogP contribution in [0.2, 0.25) is 0 Å². The summed E-state index contributed by atoms with van der Waals surface area (Å²) in [5, 5.41) is 2.15. The number of hydrogen-bond acceptors (Lipinski definition) is 5. The molecule has 2 atom stereocenters. The number of amides is 1. The molecule has 0 radical (unpaired) electrons. The Labute approximate surface area is 232 Å². The van der Waals surface area contributed by atoms with Crippen molar-refractivity contribution in [3.05, 3.63) is 86.0 Å². The van der Waals surface area contributed by atoms with E-state index in [4.69, 9.17) is 0 Å². The first-order chi connectivity index (χ1) is 17.8. The molecule has 0 N–H and O–H groups in total. The fraction of sp³-hybridized carbons (Fsp3) is 0.393. The molecule has 0 spiro atoms. The van der Waals surface area contributed by atoms with Gasteiger partial charge in [-0.25, -0.2) is 8.42 Å². The topological polar surface area (TPSA) is 60.9 Å². The molecule has 2 aliphatic heterocycles. The van der Waals surface area contributed by atoms with Gasteiger partial charge in [-0.05, 0) is 79.1 Å². The monoisotopic (exact) mass is 601 g/mol. The molecule has 3 aromatic rings. The summed E-state index contributed by atoms with van der Waals surface area (Å²) in [6, 6.07) is 17.1. The Balaban J connectivity index is 1.34. The van der Waals surface area contributed by atoms with Gasteiger partial charge in [-0.1, -0.05) is 40.2 Å². The van der Waals surface area contributed by atoms with Crippen LogP contribution in [-0.4, -0.2) is 67.2 Å². The smallest absolute Gasteiger partial charge is 0.243 e. The van der Waals surface area contributed by atoms with Gasteiger partial charge in [0.2, 0.25) is 15.9 Å². The molecule has 1 fully saturated rings. The molecule has 0 bridgehead atoms. The first-order valence-corrected chi connectivity index (χ1v) is 15.8. The van der Waals surface area contributed by atoms with Crippen LogP contribution in [0.5, 0.6) is 0 Å². The van der Waals surface area contributed by atoms with Crippen molar-refractivity contribution in [3.63, 3.8) is 0 Å². The van der Waals surface area contributed by atoms with E-state index in [1.165, 1.54) is 25.9 Å². The zero-order valence-electron chi connectivity index (χ0n) is 21.1. The van der Waals surface area contributed by atoms with Crippen molar-refractivity contribution in [2.45, 2.75) is 43.7 Å². The van der Waals surface area contributed by atoms with Gasteiger partial charge in [0.05, 0.1) is 17.0 Å². The van der Waals surface area contributed by atoms with Gasteiger partial charge in [0, 0.05) is 42.1 Å². The van der Waals surface area contributed by atoms with Crippen molar-refractivity contribution in [3.8, 4) is 0 Å². The lowest BCUT2D eigenvalue weighted by Crippen LogP contribution is -2.51. The fourth-order valence-electron chi connectivity index (χ4n) is 5.51. The van der Waals surface area contributed by atoms with E-state index in [2.05, 4.69) is 63.5 Å². The Morgan fingerprint density at radius 2 is 1.73 bits per heavy atom. The Bertz CT molecular complexity index is 1370. The summed E-state index contributed by atoms with van der Waals surface area (Å²) < 4.78 is 28.8. The predicted molar refractivity (Wildman–Crippen MR) is 151 cm³/mol. The second kappa shape index (κ2) is 11.0. The van der Waals surface area contributed by atoms with Gasteiger partial charge in [0.15, 0.2) is 0 Å². The summed E-state index contributed by atoms with van der Waals surface area (Å²) in [6.07, 6.45) is 1.55. The number of hydrogen-bond donors (Lipinski definition) is 0. The van der Waals surface area contributed by atoms with Crippen molar-refractivity contribution in [2.24, 2.45) is 0 Å². The van der Waals surface area contributed by atoms with Crippen LogP contribution >= 0.6 is 27.3 Å². The molecule has 1 saturated heterocycles. The summed E-state index contributed by atoms with van der Waals surface area (Å²) in [5.74, 6) is 0.0696. The van der Waals surface area contributed by atoms with Crippen molar-refractivity contribution in [1.82, 2.24) is 14.1 Å². The number of thiophene rings is 1. The first-order valence-electron chi connectivity index (χ1n) is 12.7. The second-order valence-corrected chi connectivity index (χ2v) is 13.6. The van der Waals surface area contributed by atoms with Gasteiger partial charge in [-0.2, -0.15) is 4.31 Å². The number of sulfonamides is 1. The lowest BCUT2D eigenvalue weighted by Gasteiger charge is -2.41. The van der Waals surface area contributed by atoms with Crippen molar-refractivity contribution < 1.29 is 13.2 Å². The number of carbonyl (C=O) groups is 1. The highest BCUT2D eigenvalue weighted by Gasteiger charge is 2.38. The minimum absolute atomic E-state index is 0.0383. The van der Waals surface area contributed by atoms with E-state index in [1.54, 1.807) is 35.6 Å². The number of aryl methyl sites for hydroxylation is 1. The summed E-state index contributed by atoms with van der Waals surface area (Å²) >= 11 is 5.16. The normalized spacial score (nSPS) is 20.3. The molecule has 37 heavy (non-hydrogen) atoms. The molecule has 196 valence electrons. The number of carbonyl (C=O) groups excluding carboxylic acids is 1. The third kappa shape index (κ3) is 5.29. The van der Waals surface area contributed by atoms with Crippen LogP contribution in [-0.2, 0) is 21.2 Å². The molecular formula is C28H32BrN3O3S2. The Hall–Kier alpha value is -2.04. The number of nitrogens with zero attached hydrogens (tertiary/aromatic N) is 3. The van der Waals surface area contributed by atoms with Gasteiger partial charge in [0.25, 0.3) is 0 Å². The Morgan fingerprint density at radius 1 is 0.973 bits per heavy atom. The average Bonchev–Trinajstić information content (AvgIpc) is 3.23.